The lowest BCUT2D eigenvalue weighted by Gasteiger charge is -2.16. The lowest BCUT2D eigenvalue weighted by Crippen LogP contribution is -2.21. The minimum absolute atomic E-state index is 0.613. The van der Waals surface area contributed by atoms with Gasteiger partial charge in [-0.3, -0.25) is 4.55 Å². The SMILES string of the molecule is CCC(C)c1ccccc1-c1ccccc1I.O=S(=O)(O)C(F)(F)F. The largest absolute Gasteiger partial charge is 0.522 e. The van der Waals surface area contributed by atoms with Crippen LogP contribution in [0, 0.1) is 3.57 Å². The van der Waals surface area contributed by atoms with E-state index in [1.165, 1.54) is 26.7 Å². The van der Waals surface area contributed by atoms with Crippen molar-refractivity contribution in [2.24, 2.45) is 0 Å². The van der Waals surface area contributed by atoms with Crippen molar-refractivity contribution in [2.45, 2.75) is 31.7 Å². The molecule has 3 nitrogen and oxygen atoms in total. The maximum absolute atomic E-state index is 10.7. The molecule has 0 radical (unpaired) electrons. The zero-order chi connectivity index (χ0) is 19.3. The van der Waals surface area contributed by atoms with Gasteiger partial charge in [0.05, 0.1) is 0 Å². The molecule has 1 N–H and O–H groups in total. The van der Waals surface area contributed by atoms with Crippen LogP contribution in [-0.2, 0) is 10.1 Å². The highest BCUT2D eigenvalue weighted by Crippen LogP contribution is 2.33. The van der Waals surface area contributed by atoms with Gasteiger partial charge < -0.3 is 0 Å². The fourth-order valence-electron chi connectivity index (χ4n) is 2.07. The highest BCUT2D eigenvalue weighted by atomic mass is 127. The summed E-state index contributed by atoms with van der Waals surface area (Å²) in [6.07, 6.45) is 1.18. The molecule has 8 heteroatoms. The first-order valence-electron chi connectivity index (χ1n) is 7.36. The van der Waals surface area contributed by atoms with Gasteiger partial charge in [-0.25, -0.2) is 0 Å². The first kappa shape index (κ1) is 21.9. The fourth-order valence-corrected chi connectivity index (χ4v) is 2.75. The summed E-state index contributed by atoms with van der Waals surface area (Å²) in [7, 11) is -5.84. The van der Waals surface area contributed by atoms with Crippen molar-refractivity contribution in [3.05, 3.63) is 57.7 Å². The van der Waals surface area contributed by atoms with Gasteiger partial charge in [0, 0.05) is 3.57 Å². The van der Waals surface area contributed by atoms with Crippen molar-refractivity contribution >= 4 is 32.7 Å². The zero-order valence-electron chi connectivity index (χ0n) is 13.6. The Hall–Kier alpha value is -1.13. The molecular formula is C17H18F3IO3S. The molecule has 1 atom stereocenters. The van der Waals surface area contributed by atoms with Gasteiger partial charge in [0.1, 0.15) is 0 Å². The number of rotatable bonds is 3. The molecule has 0 fully saturated rings. The molecule has 0 amide bonds. The molecule has 0 heterocycles. The first-order valence-corrected chi connectivity index (χ1v) is 9.88. The van der Waals surface area contributed by atoms with E-state index in [4.69, 9.17) is 13.0 Å². The molecule has 138 valence electrons. The van der Waals surface area contributed by atoms with Gasteiger partial charge in [0.2, 0.25) is 0 Å². The Kier molecular flexibility index (Phi) is 7.88. The van der Waals surface area contributed by atoms with E-state index >= 15 is 0 Å². The van der Waals surface area contributed by atoms with E-state index in [2.05, 4.69) is 85.0 Å². The summed E-state index contributed by atoms with van der Waals surface area (Å²) in [6.45, 7) is 4.55. The van der Waals surface area contributed by atoms with Gasteiger partial charge in [0.15, 0.2) is 0 Å². The van der Waals surface area contributed by atoms with Gasteiger partial charge in [-0.05, 0) is 57.7 Å². The summed E-state index contributed by atoms with van der Waals surface area (Å²) in [4.78, 5) is 0. The number of halogens is 4. The van der Waals surface area contributed by atoms with Gasteiger partial charge in [-0.1, -0.05) is 56.3 Å². The van der Waals surface area contributed by atoms with Gasteiger partial charge in [-0.15, -0.1) is 0 Å². The molecule has 0 bridgehead atoms. The predicted molar refractivity (Wildman–Crippen MR) is 101 cm³/mol. The smallest absolute Gasteiger partial charge is 0.279 e. The van der Waals surface area contributed by atoms with Crippen molar-refractivity contribution < 1.29 is 26.1 Å². The Morgan fingerprint density at radius 1 is 1.04 bits per heavy atom. The average Bonchev–Trinajstić information content (AvgIpc) is 2.53. The molecule has 0 spiro atoms. The van der Waals surface area contributed by atoms with Crippen LogP contribution < -0.4 is 0 Å². The average molecular weight is 486 g/mol. The normalized spacial score (nSPS) is 12.9. The first-order chi connectivity index (χ1) is 11.5. The van der Waals surface area contributed by atoms with Crippen LogP contribution in [0.25, 0.3) is 11.1 Å². The monoisotopic (exact) mass is 486 g/mol. The topological polar surface area (TPSA) is 54.4 Å². The molecule has 0 saturated carbocycles. The third-order valence-corrected chi connectivity index (χ3v) is 5.09. The van der Waals surface area contributed by atoms with Crippen LogP contribution in [0.2, 0.25) is 0 Å². The maximum Gasteiger partial charge on any atom is 0.522 e. The van der Waals surface area contributed by atoms with Crippen molar-refractivity contribution in [1.29, 1.82) is 0 Å². The molecule has 0 aromatic heterocycles. The van der Waals surface area contributed by atoms with Crippen LogP contribution in [0.15, 0.2) is 48.5 Å². The molecule has 0 aliphatic carbocycles. The Labute approximate surface area is 159 Å². The molecule has 2 aromatic carbocycles. The Morgan fingerprint density at radius 3 is 1.92 bits per heavy atom. The minimum atomic E-state index is -5.84. The van der Waals surface area contributed by atoms with Crippen LogP contribution in [0.5, 0.6) is 0 Å². The van der Waals surface area contributed by atoms with E-state index in [-0.39, 0.29) is 0 Å². The van der Waals surface area contributed by atoms with Crippen LogP contribution in [0.3, 0.4) is 0 Å². The zero-order valence-corrected chi connectivity index (χ0v) is 16.6. The molecule has 2 rings (SSSR count). The van der Waals surface area contributed by atoms with Crippen molar-refractivity contribution in [2.75, 3.05) is 0 Å². The number of hydrogen-bond acceptors (Lipinski definition) is 2. The Morgan fingerprint density at radius 2 is 1.48 bits per heavy atom. The highest BCUT2D eigenvalue weighted by Gasteiger charge is 2.44. The van der Waals surface area contributed by atoms with Crippen LogP contribution in [0.4, 0.5) is 13.2 Å². The second kappa shape index (κ2) is 9.00. The summed E-state index contributed by atoms with van der Waals surface area (Å²) in [5, 5.41) is 0. The molecule has 1 unspecified atom stereocenters. The maximum atomic E-state index is 10.7. The van der Waals surface area contributed by atoms with E-state index in [1.54, 1.807) is 0 Å². The van der Waals surface area contributed by atoms with E-state index in [0.717, 1.165) is 0 Å². The molecular weight excluding hydrogens is 468 g/mol. The number of alkyl halides is 3. The van der Waals surface area contributed by atoms with Crippen molar-refractivity contribution in [3.63, 3.8) is 0 Å². The van der Waals surface area contributed by atoms with E-state index in [9.17, 15) is 13.2 Å². The molecule has 2 aromatic rings. The van der Waals surface area contributed by atoms with Crippen molar-refractivity contribution in [3.8, 4) is 11.1 Å². The fraction of sp³-hybridized carbons (Fsp3) is 0.294. The second-order valence-electron chi connectivity index (χ2n) is 5.30. The summed E-state index contributed by atoms with van der Waals surface area (Å²) in [5.41, 5.74) is -1.34. The van der Waals surface area contributed by atoms with Gasteiger partial charge in [0.25, 0.3) is 0 Å². The lowest BCUT2D eigenvalue weighted by molar-refractivity contribution is -0.0510. The van der Waals surface area contributed by atoms with Gasteiger partial charge >= 0.3 is 15.6 Å². The molecule has 25 heavy (non-hydrogen) atoms. The summed E-state index contributed by atoms with van der Waals surface area (Å²) in [6, 6.07) is 17.4. The third kappa shape index (κ3) is 6.27. The Balaban J connectivity index is 0.000000333. The Bertz CT molecular complexity index is 805. The van der Waals surface area contributed by atoms with E-state index < -0.39 is 15.6 Å². The summed E-state index contributed by atoms with van der Waals surface area (Å²) >= 11 is 2.42. The van der Waals surface area contributed by atoms with E-state index in [1.807, 2.05) is 0 Å². The molecule has 0 aliphatic rings. The minimum Gasteiger partial charge on any atom is -0.279 e. The van der Waals surface area contributed by atoms with Crippen molar-refractivity contribution in [1.82, 2.24) is 0 Å². The van der Waals surface area contributed by atoms with Crippen LogP contribution in [0.1, 0.15) is 31.7 Å². The number of hydrogen-bond donors (Lipinski definition) is 1. The van der Waals surface area contributed by atoms with Crippen LogP contribution in [-0.4, -0.2) is 18.5 Å². The second-order valence-corrected chi connectivity index (χ2v) is 7.87. The van der Waals surface area contributed by atoms with E-state index in [0.29, 0.717) is 5.92 Å². The highest BCUT2D eigenvalue weighted by molar-refractivity contribution is 14.1. The third-order valence-electron chi connectivity index (χ3n) is 3.56. The van der Waals surface area contributed by atoms with Crippen LogP contribution >= 0.6 is 22.6 Å². The summed E-state index contributed by atoms with van der Waals surface area (Å²) < 4.78 is 58.9. The predicted octanol–water partition coefficient (Wildman–Crippen LogP) is 5.87. The molecule has 0 saturated heterocycles. The molecule has 0 aliphatic heterocycles. The van der Waals surface area contributed by atoms with Gasteiger partial charge in [-0.2, -0.15) is 21.6 Å². The number of benzene rings is 2. The standard InChI is InChI=1S/C16H17I.CHF3O3S/c1-3-12(2)13-8-4-5-9-14(13)15-10-6-7-11-16(15)17;2-1(3,4)8(5,6)7/h4-12H,3H2,1-2H3;(H,5,6,7). The summed E-state index contributed by atoms with van der Waals surface area (Å²) in [5.74, 6) is 0.613. The lowest BCUT2D eigenvalue weighted by atomic mass is 9.90. The quantitative estimate of drug-likeness (QED) is 0.336.